The highest BCUT2D eigenvalue weighted by Gasteiger charge is 2.51. The van der Waals surface area contributed by atoms with Crippen molar-refractivity contribution in [2.24, 2.45) is 0 Å². The largest absolute Gasteiger partial charge is 0.394 e. The molecule has 1 amide bonds. The van der Waals surface area contributed by atoms with E-state index >= 15 is 0 Å². The van der Waals surface area contributed by atoms with Crippen LogP contribution in [0.2, 0.25) is 10.0 Å². The molecule has 0 spiro atoms. The lowest BCUT2D eigenvalue weighted by Gasteiger charge is -2.21. The number of anilines is 2. The molecule has 0 saturated carbocycles. The monoisotopic (exact) mass is 356 g/mol. The van der Waals surface area contributed by atoms with Crippen molar-refractivity contribution in [2.75, 3.05) is 17.7 Å². The zero-order valence-corrected chi connectivity index (χ0v) is 13.6. The van der Waals surface area contributed by atoms with Crippen molar-refractivity contribution in [3.63, 3.8) is 0 Å². The van der Waals surface area contributed by atoms with E-state index < -0.39 is 11.5 Å². The predicted molar refractivity (Wildman–Crippen MR) is 86.6 cm³/mol. The van der Waals surface area contributed by atoms with E-state index in [1.54, 1.807) is 6.92 Å². The van der Waals surface area contributed by atoms with Gasteiger partial charge in [-0.05, 0) is 19.1 Å². The molecule has 2 aromatic rings. The Morgan fingerprint density at radius 1 is 1.43 bits per heavy atom. The van der Waals surface area contributed by atoms with E-state index in [1.165, 1.54) is 16.8 Å². The summed E-state index contributed by atoms with van der Waals surface area (Å²) < 4.78 is 1.33. The lowest BCUT2D eigenvalue weighted by molar-refractivity contribution is -0.129. The van der Waals surface area contributed by atoms with Gasteiger partial charge in [0, 0.05) is 10.6 Å². The molecule has 23 heavy (non-hydrogen) atoms. The number of halogens is 2. The maximum atomic E-state index is 12.5. The fourth-order valence-corrected chi connectivity index (χ4v) is 3.41. The number of aliphatic hydroxyl groups excluding tert-OH is 1. The Kier molecular flexibility index (Phi) is 3.76. The van der Waals surface area contributed by atoms with Gasteiger partial charge in [-0.15, -0.1) is 0 Å². The second-order valence-corrected chi connectivity index (χ2v) is 6.11. The number of amides is 1. The second kappa shape index (κ2) is 5.38. The number of benzene rings is 1. The van der Waals surface area contributed by atoms with Crippen molar-refractivity contribution in [3.8, 4) is 0 Å². The van der Waals surface area contributed by atoms with Crippen LogP contribution in [0.4, 0.5) is 11.5 Å². The molecule has 1 aliphatic heterocycles. The maximum Gasteiger partial charge on any atom is 0.266 e. The summed E-state index contributed by atoms with van der Waals surface area (Å²) >= 11 is 12.1. The Morgan fingerprint density at radius 3 is 2.78 bits per heavy atom. The number of carbonyl (C=O) groups excluding carboxylic acids is 1. The van der Waals surface area contributed by atoms with Gasteiger partial charge >= 0.3 is 0 Å². The van der Waals surface area contributed by atoms with E-state index in [0.717, 1.165) is 0 Å². The Balaban J connectivity index is 2.27. The van der Waals surface area contributed by atoms with E-state index in [0.29, 0.717) is 5.69 Å². The average molecular weight is 357 g/mol. The van der Waals surface area contributed by atoms with Gasteiger partial charge in [-0.25, -0.2) is 4.68 Å². The molecular weight excluding hydrogens is 343 g/mol. The highest BCUT2D eigenvalue weighted by molar-refractivity contribution is 6.38. The second-order valence-electron chi connectivity index (χ2n) is 5.27. The van der Waals surface area contributed by atoms with Gasteiger partial charge in [-0.1, -0.05) is 23.2 Å². The van der Waals surface area contributed by atoms with Gasteiger partial charge < -0.3 is 21.3 Å². The fourth-order valence-electron chi connectivity index (χ4n) is 2.87. The molecule has 0 fully saturated rings. The Morgan fingerprint density at radius 2 is 2.13 bits per heavy atom. The zero-order valence-electron chi connectivity index (χ0n) is 12.1. The van der Waals surface area contributed by atoms with Crippen LogP contribution in [-0.4, -0.2) is 32.5 Å². The Labute approximate surface area is 141 Å². The summed E-state index contributed by atoms with van der Waals surface area (Å²) in [4.78, 5) is 12.5. The summed E-state index contributed by atoms with van der Waals surface area (Å²) in [6.45, 7) is 1.59. The number of nitrogen functional groups attached to an aromatic ring is 1. The topological polar surface area (TPSA) is 113 Å². The van der Waals surface area contributed by atoms with E-state index in [9.17, 15) is 9.90 Å². The van der Waals surface area contributed by atoms with Crippen molar-refractivity contribution >= 4 is 40.6 Å². The number of nitrogens with zero attached hydrogens (tertiary/aromatic N) is 2. The standard InChI is InChI=1S/C14H14Cl2N4O3/c1-6-10(12(17)20(19-6)2-3-21)14(23)8-4-7(15)5-9(16)11(8)18-13(14)22/h4-5,21,23H,2-3,17H2,1H3,(H,18,22)/t14-/m1/s1. The van der Waals surface area contributed by atoms with Crippen molar-refractivity contribution in [1.29, 1.82) is 0 Å². The Hall–Kier alpha value is -1.80. The number of hydrogen-bond acceptors (Lipinski definition) is 5. The normalized spacial score (nSPS) is 19.8. The number of fused-ring (bicyclic) bond motifs is 1. The van der Waals surface area contributed by atoms with E-state index in [4.69, 9.17) is 34.0 Å². The highest BCUT2D eigenvalue weighted by Crippen LogP contribution is 2.47. The first-order valence-electron chi connectivity index (χ1n) is 6.78. The number of aryl methyl sites for hydroxylation is 1. The van der Waals surface area contributed by atoms with Gasteiger partial charge in [0.2, 0.25) is 5.60 Å². The number of aliphatic hydroxyl groups is 2. The summed E-state index contributed by atoms with van der Waals surface area (Å²) in [5, 5.41) is 27.4. The summed E-state index contributed by atoms with van der Waals surface area (Å²) in [6.07, 6.45) is 0. The smallest absolute Gasteiger partial charge is 0.266 e. The third-order valence-corrected chi connectivity index (χ3v) is 4.37. The molecule has 1 aromatic carbocycles. The minimum Gasteiger partial charge on any atom is -0.394 e. The van der Waals surface area contributed by atoms with Crippen LogP contribution in [0, 0.1) is 6.92 Å². The molecular formula is C14H14Cl2N4O3. The van der Waals surface area contributed by atoms with Gasteiger partial charge in [0.15, 0.2) is 0 Å². The van der Waals surface area contributed by atoms with Gasteiger partial charge in [-0.2, -0.15) is 5.10 Å². The minimum atomic E-state index is -2.05. The van der Waals surface area contributed by atoms with E-state index in [2.05, 4.69) is 10.4 Å². The molecule has 2 heterocycles. The minimum absolute atomic E-state index is 0.0955. The molecule has 1 aromatic heterocycles. The van der Waals surface area contributed by atoms with Crippen LogP contribution in [-0.2, 0) is 16.9 Å². The highest BCUT2D eigenvalue weighted by atomic mass is 35.5. The molecule has 0 saturated heterocycles. The van der Waals surface area contributed by atoms with Crippen molar-refractivity contribution in [3.05, 3.63) is 39.0 Å². The molecule has 5 N–H and O–H groups in total. The summed E-state index contributed by atoms with van der Waals surface area (Å²) in [6, 6.07) is 2.93. The lowest BCUT2D eigenvalue weighted by atomic mass is 9.87. The number of carbonyl (C=O) groups is 1. The zero-order chi connectivity index (χ0) is 16.9. The first kappa shape index (κ1) is 16.1. The van der Waals surface area contributed by atoms with Crippen LogP contribution < -0.4 is 11.1 Å². The fraction of sp³-hybridized carbons (Fsp3) is 0.286. The van der Waals surface area contributed by atoms with Gasteiger partial charge in [0.25, 0.3) is 5.91 Å². The number of nitrogens with two attached hydrogens (primary N) is 1. The van der Waals surface area contributed by atoms with Crippen LogP contribution in [0.1, 0.15) is 16.8 Å². The van der Waals surface area contributed by atoms with Crippen LogP contribution >= 0.6 is 23.2 Å². The quantitative estimate of drug-likeness (QED) is 0.661. The van der Waals surface area contributed by atoms with Crippen molar-refractivity contribution in [2.45, 2.75) is 19.1 Å². The van der Waals surface area contributed by atoms with Crippen LogP contribution in [0.25, 0.3) is 0 Å². The molecule has 0 bridgehead atoms. The molecule has 3 rings (SSSR count). The van der Waals surface area contributed by atoms with E-state index in [1.807, 2.05) is 0 Å². The average Bonchev–Trinajstić information content (AvgIpc) is 2.88. The maximum absolute atomic E-state index is 12.5. The van der Waals surface area contributed by atoms with Crippen molar-refractivity contribution in [1.82, 2.24) is 9.78 Å². The number of aromatic nitrogens is 2. The molecule has 9 heteroatoms. The SMILES string of the molecule is Cc1nn(CCO)c(N)c1[C@@]1(O)C(=O)Nc2c(Cl)cc(Cl)cc21. The first-order chi connectivity index (χ1) is 10.8. The first-order valence-corrected chi connectivity index (χ1v) is 7.53. The third kappa shape index (κ3) is 2.20. The summed E-state index contributed by atoms with van der Waals surface area (Å²) in [5.74, 6) is -0.590. The van der Waals surface area contributed by atoms with Crippen LogP contribution in [0.3, 0.4) is 0 Å². The molecule has 0 radical (unpaired) electrons. The number of hydrogen-bond donors (Lipinski definition) is 4. The molecule has 1 aliphatic rings. The van der Waals surface area contributed by atoms with Gasteiger partial charge in [0.05, 0.1) is 35.1 Å². The Bertz CT molecular complexity index is 821. The van der Waals surface area contributed by atoms with E-state index in [-0.39, 0.29) is 45.8 Å². The van der Waals surface area contributed by atoms with Crippen LogP contribution in [0.15, 0.2) is 12.1 Å². The van der Waals surface area contributed by atoms with Crippen LogP contribution in [0.5, 0.6) is 0 Å². The van der Waals surface area contributed by atoms with Gasteiger partial charge in [-0.3, -0.25) is 4.79 Å². The lowest BCUT2D eigenvalue weighted by Crippen LogP contribution is -2.36. The predicted octanol–water partition coefficient (Wildman–Crippen LogP) is 1.26. The molecule has 0 aliphatic carbocycles. The summed E-state index contributed by atoms with van der Waals surface area (Å²) in [5.41, 5.74) is 5.02. The summed E-state index contributed by atoms with van der Waals surface area (Å²) in [7, 11) is 0. The van der Waals surface area contributed by atoms with Gasteiger partial charge in [0.1, 0.15) is 5.82 Å². The molecule has 7 nitrogen and oxygen atoms in total. The molecule has 1 atom stereocenters. The number of nitrogens with one attached hydrogen (secondary N) is 1. The molecule has 122 valence electrons. The number of rotatable bonds is 3. The third-order valence-electron chi connectivity index (χ3n) is 3.85. The van der Waals surface area contributed by atoms with Crippen molar-refractivity contribution < 1.29 is 15.0 Å². The molecule has 0 unspecified atom stereocenters.